The third-order valence-electron chi connectivity index (χ3n) is 2.61. The summed E-state index contributed by atoms with van der Waals surface area (Å²) in [5.74, 6) is 0. The van der Waals surface area contributed by atoms with Gasteiger partial charge < -0.3 is 4.74 Å². The number of ether oxygens (including phenoxy) is 1. The summed E-state index contributed by atoms with van der Waals surface area (Å²) in [4.78, 5) is 6.48. The smallest absolute Gasteiger partial charge is 0.129 e. The van der Waals surface area contributed by atoms with Crippen molar-refractivity contribution < 1.29 is 4.74 Å². The number of hydrogen-bond donors (Lipinski definition) is 0. The summed E-state index contributed by atoms with van der Waals surface area (Å²) in [7, 11) is 0. The van der Waals surface area contributed by atoms with Gasteiger partial charge in [-0.05, 0) is 18.1 Å². The van der Waals surface area contributed by atoms with E-state index in [9.17, 15) is 0 Å². The number of halogens is 1. The summed E-state index contributed by atoms with van der Waals surface area (Å²) in [6, 6.07) is 3.88. The van der Waals surface area contributed by atoms with E-state index >= 15 is 0 Å². The molecule has 1 saturated heterocycles. The topological polar surface area (TPSA) is 25.4 Å². The number of nitrogens with zero attached hydrogens (tertiary/aromatic N) is 2. The highest BCUT2D eigenvalue weighted by Gasteiger charge is 2.09. The molecule has 1 aliphatic heterocycles. The summed E-state index contributed by atoms with van der Waals surface area (Å²) < 4.78 is 5.30. The Morgan fingerprint density at radius 1 is 1.33 bits per heavy atom. The van der Waals surface area contributed by atoms with Gasteiger partial charge in [-0.15, -0.1) is 0 Å². The van der Waals surface area contributed by atoms with E-state index in [1.54, 1.807) is 0 Å². The lowest BCUT2D eigenvalue weighted by molar-refractivity contribution is 0.0384. The van der Waals surface area contributed by atoms with Crippen LogP contribution in [0.15, 0.2) is 18.3 Å². The van der Waals surface area contributed by atoms with Crippen molar-refractivity contribution in [2.45, 2.75) is 6.42 Å². The molecule has 2 heterocycles. The fourth-order valence-corrected chi connectivity index (χ4v) is 1.78. The first-order valence-corrected chi connectivity index (χ1v) is 5.63. The second kappa shape index (κ2) is 5.45. The van der Waals surface area contributed by atoms with E-state index < -0.39 is 0 Å². The highest BCUT2D eigenvalue weighted by atomic mass is 35.5. The van der Waals surface area contributed by atoms with Crippen molar-refractivity contribution in [1.29, 1.82) is 0 Å². The van der Waals surface area contributed by atoms with Crippen LogP contribution in [-0.2, 0) is 11.2 Å². The van der Waals surface area contributed by atoms with E-state index in [-0.39, 0.29) is 0 Å². The van der Waals surface area contributed by atoms with E-state index in [2.05, 4.69) is 9.88 Å². The lowest BCUT2D eigenvalue weighted by atomic mass is 10.2. The molecule has 2 rings (SSSR count). The molecule has 1 aromatic heterocycles. The number of aromatic nitrogens is 1. The Hall–Kier alpha value is -0.640. The molecule has 0 spiro atoms. The van der Waals surface area contributed by atoms with E-state index in [0.717, 1.165) is 39.3 Å². The Morgan fingerprint density at radius 2 is 2.13 bits per heavy atom. The predicted molar refractivity (Wildman–Crippen MR) is 60.2 cm³/mol. The molecule has 1 aliphatic rings. The molecule has 1 aromatic rings. The van der Waals surface area contributed by atoms with Crippen LogP contribution in [0, 0.1) is 0 Å². The van der Waals surface area contributed by atoms with Crippen molar-refractivity contribution in [2.75, 3.05) is 32.8 Å². The zero-order valence-corrected chi connectivity index (χ0v) is 9.41. The quantitative estimate of drug-likeness (QED) is 0.733. The van der Waals surface area contributed by atoms with Gasteiger partial charge >= 0.3 is 0 Å². The third kappa shape index (κ3) is 3.45. The molecule has 1 fully saturated rings. The molecular formula is C11H15ClN2O. The number of hydrogen-bond acceptors (Lipinski definition) is 3. The fraction of sp³-hybridized carbons (Fsp3) is 0.545. The van der Waals surface area contributed by atoms with Gasteiger partial charge in [-0.1, -0.05) is 17.7 Å². The molecule has 0 aromatic carbocycles. The van der Waals surface area contributed by atoms with E-state index in [0.29, 0.717) is 5.15 Å². The molecule has 0 aliphatic carbocycles. The molecule has 0 unspecified atom stereocenters. The number of pyridine rings is 1. The van der Waals surface area contributed by atoms with Crippen LogP contribution in [0.5, 0.6) is 0 Å². The highest BCUT2D eigenvalue weighted by molar-refractivity contribution is 6.29. The molecule has 0 bridgehead atoms. The minimum Gasteiger partial charge on any atom is -0.379 e. The maximum absolute atomic E-state index is 5.72. The molecule has 0 saturated carbocycles. The van der Waals surface area contributed by atoms with Crippen molar-refractivity contribution in [3.63, 3.8) is 0 Å². The van der Waals surface area contributed by atoms with Crippen LogP contribution in [-0.4, -0.2) is 42.7 Å². The van der Waals surface area contributed by atoms with Crippen molar-refractivity contribution >= 4 is 11.6 Å². The van der Waals surface area contributed by atoms with E-state index in [1.807, 2.05) is 18.3 Å². The third-order valence-corrected chi connectivity index (χ3v) is 2.83. The zero-order chi connectivity index (χ0) is 10.5. The Labute approximate surface area is 95.0 Å². The first kappa shape index (κ1) is 10.9. The monoisotopic (exact) mass is 226 g/mol. The molecule has 15 heavy (non-hydrogen) atoms. The molecule has 3 nitrogen and oxygen atoms in total. The number of rotatable bonds is 3. The maximum Gasteiger partial charge on any atom is 0.129 e. The molecule has 0 amide bonds. The SMILES string of the molecule is Clc1ccc(CCN2CCOCC2)cn1. The van der Waals surface area contributed by atoms with Crippen molar-refractivity contribution in [2.24, 2.45) is 0 Å². The van der Waals surface area contributed by atoms with Gasteiger partial charge in [-0.2, -0.15) is 0 Å². The summed E-state index contributed by atoms with van der Waals surface area (Å²) in [6.45, 7) is 4.88. The largest absolute Gasteiger partial charge is 0.379 e. The van der Waals surface area contributed by atoms with Crippen LogP contribution in [0.1, 0.15) is 5.56 Å². The van der Waals surface area contributed by atoms with Crippen LogP contribution in [0.2, 0.25) is 5.15 Å². The number of morpholine rings is 1. The van der Waals surface area contributed by atoms with Crippen LogP contribution in [0.3, 0.4) is 0 Å². The summed E-state index contributed by atoms with van der Waals surface area (Å²) in [5.41, 5.74) is 1.24. The molecule has 4 heteroatoms. The average molecular weight is 227 g/mol. The molecule has 0 atom stereocenters. The average Bonchev–Trinajstić information content (AvgIpc) is 2.30. The highest BCUT2D eigenvalue weighted by Crippen LogP contribution is 2.07. The molecule has 82 valence electrons. The molecule has 0 radical (unpaired) electrons. The van der Waals surface area contributed by atoms with Crippen LogP contribution >= 0.6 is 11.6 Å². The first-order valence-electron chi connectivity index (χ1n) is 5.25. The lowest BCUT2D eigenvalue weighted by Crippen LogP contribution is -2.37. The zero-order valence-electron chi connectivity index (χ0n) is 8.66. The molecule has 0 N–H and O–H groups in total. The van der Waals surface area contributed by atoms with Crippen LogP contribution in [0.25, 0.3) is 0 Å². The van der Waals surface area contributed by atoms with Crippen molar-refractivity contribution in [3.8, 4) is 0 Å². The fourth-order valence-electron chi connectivity index (χ4n) is 1.67. The summed E-state index contributed by atoms with van der Waals surface area (Å²) >= 11 is 5.72. The predicted octanol–water partition coefficient (Wildman–Crippen LogP) is 1.61. The second-order valence-corrected chi connectivity index (χ2v) is 4.08. The Bertz CT molecular complexity index is 296. The Kier molecular flexibility index (Phi) is 3.94. The van der Waals surface area contributed by atoms with Gasteiger partial charge in [0.2, 0.25) is 0 Å². The maximum atomic E-state index is 5.72. The van der Waals surface area contributed by atoms with Crippen LogP contribution < -0.4 is 0 Å². The van der Waals surface area contributed by atoms with Crippen molar-refractivity contribution in [3.05, 3.63) is 29.0 Å². The normalized spacial score (nSPS) is 17.9. The van der Waals surface area contributed by atoms with Crippen LogP contribution in [0.4, 0.5) is 0 Å². The Balaban J connectivity index is 1.79. The van der Waals surface area contributed by atoms with Crippen molar-refractivity contribution in [1.82, 2.24) is 9.88 Å². The van der Waals surface area contributed by atoms with Gasteiger partial charge in [0, 0.05) is 25.8 Å². The van der Waals surface area contributed by atoms with Gasteiger partial charge in [0.1, 0.15) is 5.15 Å². The standard InChI is InChI=1S/C11H15ClN2O/c12-11-2-1-10(9-13-11)3-4-14-5-7-15-8-6-14/h1-2,9H,3-8H2. The van der Waals surface area contributed by atoms with Gasteiger partial charge in [0.05, 0.1) is 13.2 Å². The van der Waals surface area contributed by atoms with Gasteiger partial charge in [-0.25, -0.2) is 4.98 Å². The second-order valence-electron chi connectivity index (χ2n) is 3.69. The van der Waals surface area contributed by atoms with E-state index in [4.69, 9.17) is 16.3 Å². The lowest BCUT2D eigenvalue weighted by Gasteiger charge is -2.26. The Morgan fingerprint density at radius 3 is 2.80 bits per heavy atom. The van der Waals surface area contributed by atoms with Gasteiger partial charge in [-0.3, -0.25) is 4.90 Å². The minimum absolute atomic E-state index is 0.560. The summed E-state index contributed by atoms with van der Waals surface area (Å²) in [5, 5.41) is 0.560. The van der Waals surface area contributed by atoms with Gasteiger partial charge in [0.25, 0.3) is 0 Å². The summed E-state index contributed by atoms with van der Waals surface area (Å²) in [6.07, 6.45) is 2.88. The van der Waals surface area contributed by atoms with Gasteiger partial charge in [0.15, 0.2) is 0 Å². The molecular weight excluding hydrogens is 212 g/mol. The minimum atomic E-state index is 0.560. The first-order chi connectivity index (χ1) is 7.34. The van der Waals surface area contributed by atoms with E-state index in [1.165, 1.54) is 5.56 Å².